The zero-order chi connectivity index (χ0) is 9.71. The van der Waals surface area contributed by atoms with E-state index in [1.54, 1.807) is 6.33 Å². The van der Waals surface area contributed by atoms with Crippen LogP contribution in [0.1, 0.15) is 12.5 Å². The van der Waals surface area contributed by atoms with Crippen LogP contribution in [0.25, 0.3) is 11.2 Å². The molecule has 3 rings (SSSR count). The average Bonchev–Trinajstić information content (AvgIpc) is 2.75. The van der Waals surface area contributed by atoms with Crippen LogP contribution in [0, 0.1) is 0 Å². The van der Waals surface area contributed by atoms with Gasteiger partial charge >= 0.3 is 0 Å². The van der Waals surface area contributed by atoms with E-state index in [0.29, 0.717) is 17.0 Å². The minimum absolute atomic E-state index is 0.106. The van der Waals surface area contributed by atoms with Gasteiger partial charge in [0.05, 0.1) is 18.5 Å². The van der Waals surface area contributed by atoms with Crippen molar-refractivity contribution in [3.63, 3.8) is 0 Å². The molecular weight excluding hydrogens is 182 g/mol. The summed E-state index contributed by atoms with van der Waals surface area (Å²) in [6.45, 7) is 0. The summed E-state index contributed by atoms with van der Waals surface area (Å²) in [7, 11) is 0. The molecule has 2 heterocycles. The predicted molar refractivity (Wildman–Crippen MR) is 49.4 cm³/mol. The average molecular weight is 191 g/mol. The van der Waals surface area contributed by atoms with Crippen molar-refractivity contribution >= 4 is 17.0 Å². The summed E-state index contributed by atoms with van der Waals surface area (Å²) in [5, 5.41) is 9.30. The molecule has 6 heteroatoms. The third kappa shape index (κ3) is 0.912. The largest absolute Gasteiger partial charge is 0.391 e. The molecule has 0 spiro atoms. The Morgan fingerprint density at radius 2 is 2.21 bits per heavy atom. The lowest BCUT2D eigenvalue weighted by Gasteiger charge is -1.99. The Kier molecular flexibility index (Phi) is 1.33. The highest BCUT2D eigenvalue weighted by molar-refractivity contribution is 5.81. The molecule has 72 valence electrons. The van der Waals surface area contributed by atoms with Crippen molar-refractivity contribution in [3.05, 3.63) is 12.7 Å². The van der Waals surface area contributed by atoms with Crippen molar-refractivity contribution in [1.29, 1.82) is 0 Å². The van der Waals surface area contributed by atoms with E-state index in [0.717, 1.165) is 6.42 Å². The quantitative estimate of drug-likeness (QED) is 0.646. The SMILES string of the molecule is Nc1ncnc2c1ncn2C1CC1O. The van der Waals surface area contributed by atoms with Gasteiger partial charge in [-0.25, -0.2) is 15.0 Å². The number of aromatic nitrogens is 4. The molecule has 0 aromatic carbocycles. The molecular formula is C8H9N5O. The van der Waals surface area contributed by atoms with Crippen LogP contribution in [0.4, 0.5) is 5.82 Å². The number of nitrogens with zero attached hydrogens (tertiary/aromatic N) is 4. The first-order valence-electron chi connectivity index (χ1n) is 4.38. The fourth-order valence-corrected chi connectivity index (χ4v) is 1.58. The van der Waals surface area contributed by atoms with E-state index >= 15 is 0 Å². The van der Waals surface area contributed by atoms with Crippen LogP contribution in [-0.2, 0) is 0 Å². The fourth-order valence-electron chi connectivity index (χ4n) is 1.58. The molecule has 6 nitrogen and oxygen atoms in total. The summed E-state index contributed by atoms with van der Waals surface area (Å²) in [6, 6.07) is 0.106. The molecule has 2 unspecified atom stereocenters. The first kappa shape index (κ1) is 7.69. The second-order valence-corrected chi connectivity index (χ2v) is 3.45. The number of nitrogens with two attached hydrogens (primary N) is 1. The lowest BCUT2D eigenvalue weighted by Crippen LogP contribution is -1.99. The molecule has 2 aromatic rings. The zero-order valence-electron chi connectivity index (χ0n) is 7.33. The van der Waals surface area contributed by atoms with Gasteiger partial charge in [0.15, 0.2) is 11.5 Å². The molecule has 3 N–H and O–H groups in total. The number of rotatable bonds is 1. The minimum Gasteiger partial charge on any atom is -0.391 e. The molecule has 14 heavy (non-hydrogen) atoms. The fraction of sp³-hybridized carbons (Fsp3) is 0.375. The Morgan fingerprint density at radius 1 is 1.43 bits per heavy atom. The number of hydrogen-bond donors (Lipinski definition) is 2. The Labute approximate surface area is 79.4 Å². The summed E-state index contributed by atoms with van der Waals surface area (Å²) in [4.78, 5) is 12.1. The highest BCUT2D eigenvalue weighted by Gasteiger charge is 2.38. The van der Waals surface area contributed by atoms with Crippen molar-refractivity contribution < 1.29 is 5.11 Å². The molecule has 1 saturated carbocycles. The van der Waals surface area contributed by atoms with E-state index in [1.165, 1.54) is 6.33 Å². The highest BCUT2D eigenvalue weighted by Crippen LogP contribution is 2.37. The van der Waals surface area contributed by atoms with Gasteiger partial charge in [-0.15, -0.1) is 0 Å². The van der Waals surface area contributed by atoms with Gasteiger partial charge in [0.2, 0.25) is 0 Å². The normalized spacial score (nSPS) is 25.5. The maximum atomic E-state index is 9.30. The summed E-state index contributed by atoms with van der Waals surface area (Å²) >= 11 is 0. The van der Waals surface area contributed by atoms with Crippen molar-refractivity contribution in [2.45, 2.75) is 18.6 Å². The molecule has 0 radical (unpaired) electrons. The standard InChI is InChI=1S/C8H9N5O/c9-7-6-8(11-2-10-7)13(3-12-6)4-1-5(4)14/h2-5,14H,1H2,(H2,9,10,11). The van der Waals surface area contributed by atoms with Crippen LogP contribution in [0.5, 0.6) is 0 Å². The minimum atomic E-state index is -0.274. The molecule has 2 atom stereocenters. The van der Waals surface area contributed by atoms with E-state index in [-0.39, 0.29) is 12.1 Å². The van der Waals surface area contributed by atoms with Crippen LogP contribution in [0.3, 0.4) is 0 Å². The van der Waals surface area contributed by atoms with Gasteiger partial charge in [-0.1, -0.05) is 0 Å². The molecule has 0 saturated heterocycles. The molecule has 1 aliphatic carbocycles. The molecule has 2 aromatic heterocycles. The first-order valence-corrected chi connectivity index (χ1v) is 4.38. The van der Waals surface area contributed by atoms with E-state index in [9.17, 15) is 5.11 Å². The van der Waals surface area contributed by atoms with Gasteiger partial charge in [-0.05, 0) is 6.42 Å². The number of imidazole rings is 1. The van der Waals surface area contributed by atoms with E-state index < -0.39 is 0 Å². The van der Waals surface area contributed by atoms with Crippen molar-refractivity contribution in [1.82, 2.24) is 19.5 Å². The molecule has 1 aliphatic rings. The van der Waals surface area contributed by atoms with Gasteiger partial charge in [0.1, 0.15) is 11.8 Å². The summed E-state index contributed by atoms with van der Waals surface area (Å²) in [5.74, 6) is 0.379. The predicted octanol–water partition coefficient (Wildman–Crippen LogP) is -0.286. The van der Waals surface area contributed by atoms with Gasteiger partial charge in [-0.3, -0.25) is 0 Å². The number of aliphatic hydroxyl groups is 1. The van der Waals surface area contributed by atoms with Crippen LogP contribution in [0.2, 0.25) is 0 Å². The Morgan fingerprint density at radius 3 is 2.93 bits per heavy atom. The van der Waals surface area contributed by atoms with Gasteiger partial charge in [0, 0.05) is 0 Å². The second kappa shape index (κ2) is 2.42. The van der Waals surface area contributed by atoms with Crippen LogP contribution in [-0.4, -0.2) is 30.7 Å². The maximum absolute atomic E-state index is 9.30. The Bertz CT molecular complexity index is 493. The van der Waals surface area contributed by atoms with Gasteiger partial charge in [0.25, 0.3) is 0 Å². The van der Waals surface area contributed by atoms with Crippen LogP contribution in [0.15, 0.2) is 12.7 Å². The highest BCUT2D eigenvalue weighted by atomic mass is 16.3. The maximum Gasteiger partial charge on any atom is 0.165 e. The molecule has 0 amide bonds. The summed E-state index contributed by atoms with van der Waals surface area (Å²) in [5.41, 5.74) is 6.93. The molecule has 1 fully saturated rings. The Balaban J connectivity index is 2.22. The number of hydrogen-bond acceptors (Lipinski definition) is 5. The van der Waals surface area contributed by atoms with Crippen LogP contribution >= 0.6 is 0 Å². The first-order chi connectivity index (χ1) is 6.77. The number of aliphatic hydroxyl groups excluding tert-OH is 1. The van der Waals surface area contributed by atoms with Crippen molar-refractivity contribution in [3.8, 4) is 0 Å². The lowest BCUT2D eigenvalue weighted by atomic mass is 10.5. The topological polar surface area (TPSA) is 89.9 Å². The van der Waals surface area contributed by atoms with E-state index in [2.05, 4.69) is 15.0 Å². The van der Waals surface area contributed by atoms with Gasteiger partial charge < -0.3 is 15.4 Å². The van der Waals surface area contributed by atoms with E-state index in [4.69, 9.17) is 5.73 Å². The number of anilines is 1. The van der Waals surface area contributed by atoms with Crippen molar-refractivity contribution in [2.24, 2.45) is 0 Å². The third-order valence-corrected chi connectivity index (χ3v) is 2.47. The number of fused-ring (bicyclic) bond motifs is 1. The monoisotopic (exact) mass is 191 g/mol. The lowest BCUT2D eigenvalue weighted by molar-refractivity contribution is 0.260. The summed E-state index contributed by atoms with van der Waals surface area (Å²) in [6.07, 6.45) is 3.54. The molecule has 0 bridgehead atoms. The smallest absolute Gasteiger partial charge is 0.165 e. The van der Waals surface area contributed by atoms with E-state index in [1.807, 2.05) is 4.57 Å². The number of nitrogen functional groups attached to an aromatic ring is 1. The summed E-state index contributed by atoms with van der Waals surface area (Å²) < 4.78 is 1.85. The second-order valence-electron chi connectivity index (χ2n) is 3.45. The Hall–Kier alpha value is -1.69. The molecule has 0 aliphatic heterocycles. The van der Waals surface area contributed by atoms with Crippen molar-refractivity contribution in [2.75, 3.05) is 5.73 Å². The van der Waals surface area contributed by atoms with Gasteiger partial charge in [-0.2, -0.15) is 0 Å². The zero-order valence-corrected chi connectivity index (χ0v) is 7.33. The van der Waals surface area contributed by atoms with Crippen LogP contribution < -0.4 is 5.73 Å². The third-order valence-electron chi connectivity index (χ3n) is 2.47.